The summed E-state index contributed by atoms with van der Waals surface area (Å²) in [6.45, 7) is 4.15. The van der Waals surface area contributed by atoms with Gasteiger partial charge in [0.1, 0.15) is 5.78 Å². The number of carbonyl (C=O) groups excluding carboxylic acids is 2. The molecule has 156 valence electrons. The van der Waals surface area contributed by atoms with Gasteiger partial charge in [0.2, 0.25) is 5.91 Å². The largest absolute Gasteiger partial charge is 0.302 e. The minimum Gasteiger partial charge on any atom is -0.302 e. The van der Waals surface area contributed by atoms with Crippen molar-refractivity contribution in [3.63, 3.8) is 0 Å². The van der Waals surface area contributed by atoms with Crippen LogP contribution in [0.1, 0.15) is 60.9 Å². The maximum Gasteiger partial charge on any atom is 0.229 e. The summed E-state index contributed by atoms with van der Waals surface area (Å²) in [4.78, 5) is 30.8. The van der Waals surface area contributed by atoms with Crippen LogP contribution in [0, 0.1) is 24.2 Å². The van der Waals surface area contributed by atoms with Crippen LogP contribution >= 0.6 is 11.3 Å². The first-order chi connectivity index (χ1) is 14.5. The highest BCUT2D eigenvalue weighted by molar-refractivity contribution is 7.15. The lowest BCUT2D eigenvalue weighted by molar-refractivity contribution is -0.129. The summed E-state index contributed by atoms with van der Waals surface area (Å²) < 4.78 is 0. The topological polar surface area (TPSA) is 59.1 Å². The van der Waals surface area contributed by atoms with Crippen LogP contribution in [-0.4, -0.2) is 16.7 Å². The number of benzene rings is 1. The Bertz CT molecular complexity index is 1040. The molecule has 0 spiro atoms. The second kappa shape index (κ2) is 7.45. The smallest absolute Gasteiger partial charge is 0.229 e. The quantitative estimate of drug-likeness (QED) is 0.673. The van der Waals surface area contributed by atoms with E-state index in [-0.39, 0.29) is 17.2 Å². The van der Waals surface area contributed by atoms with E-state index in [4.69, 9.17) is 0 Å². The van der Waals surface area contributed by atoms with Crippen molar-refractivity contribution in [3.05, 3.63) is 58.1 Å². The summed E-state index contributed by atoms with van der Waals surface area (Å²) in [6.07, 6.45) is 8.91. The number of anilines is 1. The Hall–Kier alpha value is -2.27. The number of fused-ring (bicyclic) bond motifs is 5. The number of ketones is 1. The summed E-state index contributed by atoms with van der Waals surface area (Å²) in [5.41, 5.74) is 3.91. The number of allylic oxidation sites excluding steroid dienone is 1. The molecule has 3 aliphatic carbocycles. The number of carbonyl (C=O) groups is 2. The van der Waals surface area contributed by atoms with Crippen molar-refractivity contribution >= 4 is 28.2 Å². The number of aryl methyl sites for hydroxylation is 2. The molecule has 0 aliphatic heterocycles. The molecule has 3 aliphatic rings. The van der Waals surface area contributed by atoms with E-state index >= 15 is 0 Å². The van der Waals surface area contributed by atoms with Crippen molar-refractivity contribution in [1.82, 2.24) is 4.98 Å². The van der Waals surface area contributed by atoms with Crippen molar-refractivity contribution in [2.45, 2.75) is 58.3 Å². The van der Waals surface area contributed by atoms with E-state index in [2.05, 4.69) is 41.5 Å². The molecular weight excluding hydrogens is 392 g/mol. The number of amides is 1. The molecule has 3 unspecified atom stereocenters. The Labute approximate surface area is 181 Å². The fraction of sp³-hybridized carbons (Fsp3) is 0.480. The molecule has 2 fully saturated rings. The summed E-state index contributed by atoms with van der Waals surface area (Å²) in [5.74, 6) is 1.62. The normalized spacial score (nSPS) is 31.2. The maximum atomic E-state index is 13.0. The molecule has 1 aromatic heterocycles. The Morgan fingerprint density at radius 3 is 2.97 bits per heavy atom. The molecule has 4 nitrogen and oxygen atoms in total. The molecule has 1 amide bonds. The number of thiazole rings is 1. The fourth-order valence-corrected chi connectivity index (χ4v) is 6.91. The van der Waals surface area contributed by atoms with Gasteiger partial charge in [-0.25, -0.2) is 4.98 Å². The number of Topliss-reactive ketones (excluding diaryl/α,β-unsaturated/α-hetero) is 1. The summed E-state index contributed by atoms with van der Waals surface area (Å²) in [5, 5.41) is 3.53. The number of nitrogens with zero attached hydrogens (tertiary/aromatic N) is 1. The average molecular weight is 421 g/mol. The summed E-state index contributed by atoms with van der Waals surface area (Å²) >= 11 is 1.48. The third-order valence-corrected chi connectivity index (χ3v) is 8.45. The molecular formula is C25H28N2O2S. The van der Waals surface area contributed by atoms with Crippen LogP contribution in [0.25, 0.3) is 0 Å². The highest BCUT2D eigenvalue weighted by Gasteiger charge is 2.56. The number of hydrogen-bond donors (Lipinski definition) is 1. The van der Waals surface area contributed by atoms with Crippen molar-refractivity contribution in [2.75, 3.05) is 5.32 Å². The standard InChI is InChI=1S/C25H28N2O2S/c1-15-14-26-24(30-15)27-22(29)10-8-17-13-21(28)25(2)12-11-19-18-6-4-3-5-16(18)7-9-20(19)23(17)25/h3-6,8,14,19-20,23H,7,9-13H2,1-2H3,(H,26,27,29)/b17-8+/t19?,20?,23?,25-/m1/s1. The lowest BCUT2D eigenvalue weighted by Crippen LogP contribution is -2.42. The minimum absolute atomic E-state index is 0.0562. The third-order valence-electron chi connectivity index (χ3n) is 7.63. The van der Waals surface area contributed by atoms with E-state index in [1.165, 1.54) is 28.0 Å². The summed E-state index contributed by atoms with van der Waals surface area (Å²) in [6, 6.07) is 8.84. The zero-order valence-corrected chi connectivity index (χ0v) is 18.4. The van der Waals surface area contributed by atoms with Gasteiger partial charge in [-0.1, -0.05) is 42.8 Å². The van der Waals surface area contributed by atoms with Gasteiger partial charge in [0, 0.05) is 29.3 Å². The lowest BCUT2D eigenvalue weighted by Gasteiger charge is -2.48. The van der Waals surface area contributed by atoms with E-state index in [0.717, 1.165) is 30.6 Å². The van der Waals surface area contributed by atoms with Gasteiger partial charge in [0.25, 0.3) is 0 Å². The van der Waals surface area contributed by atoms with Crippen molar-refractivity contribution in [2.24, 2.45) is 17.3 Å². The molecule has 0 saturated heterocycles. The fourth-order valence-electron chi connectivity index (χ4n) is 6.23. The molecule has 1 N–H and O–H groups in total. The minimum atomic E-state index is -0.262. The van der Waals surface area contributed by atoms with Crippen LogP contribution in [0.3, 0.4) is 0 Å². The van der Waals surface area contributed by atoms with Crippen molar-refractivity contribution in [3.8, 4) is 0 Å². The first-order valence-corrected chi connectivity index (χ1v) is 11.8. The Balaban J connectivity index is 1.39. The Kier molecular flexibility index (Phi) is 4.89. The maximum absolute atomic E-state index is 13.0. The Morgan fingerprint density at radius 1 is 1.33 bits per heavy atom. The van der Waals surface area contributed by atoms with Crippen LogP contribution in [0.5, 0.6) is 0 Å². The molecule has 1 heterocycles. The summed E-state index contributed by atoms with van der Waals surface area (Å²) in [7, 11) is 0. The second-order valence-electron chi connectivity index (χ2n) is 9.35. The van der Waals surface area contributed by atoms with E-state index in [1.54, 1.807) is 6.20 Å². The van der Waals surface area contributed by atoms with Gasteiger partial charge in [-0.05, 0) is 61.5 Å². The molecule has 2 saturated carbocycles. The van der Waals surface area contributed by atoms with Crippen LogP contribution in [0.2, 0.25) is 0 Å². The molecule has 5 rings (SSSR count). The number of nitrogens with one attached hydrogen (secondary N) is 1. The van der Waals surface area contributed by atoms with E-state index in [9.17, 15) is 9.59 Å². The van der Waals surface area contributed by atoms with Crippen LogP contribution in [0.15, 0.2) is 42.1 Å². The number of aromatic nitrogens is 1. The third kappa shape index (κ3) is 3.24. The monoisotopic (exact) mass is 420 g/mol. The lowest BCUT2D eigenvalue weighted by atomic mass is 9.55. The van der Waals surface area contributed by atoms with Gasteiger partial charge in [0.05, 0.1) is 0 Å². The molecule has 2 aromatic rings. The van der Waals surface area contributed by atoms with Crippen LogP contribution < -0.4 is 5.32 Å². The van der Waals surface area contributed by atoms with E-state index in [0.29, 0.717) is 35.6 Å². The molecule has 1 aromatic carbocycles. The highest BCUT2D eigenvalue weighted by atomic mass is 32.1. The molecule has 0 bridgehead atoms. The highest BCUT2D eigenvalue weighted by Crippen LogP contribution is 2.61. The van der Waals surface area contributed by atoms with E-state index < -0.39 is 0 Å². The number of hydrogen-bond acceptors (Lipinski definition) is 4. The number of rotatable bonds is 3. The predicted octanol–water partition coefficient (Wildman–Crippen LogP) is 5.44. The SMILES string of the molecule is Cc1cnc(NC(=O)C/C=C2\CC(=O)[C@@]3(C)CCC4c5ccccc5CCC4C23)s1. The zero-order valence-electron chi connectivity index (χ0n) is 17.6. The average Bonchev–Trinajstić information content (AvgIpc) is 3.26. The zero-order chi connectivity index (χ0) is 20.9. The van der Waals surface area contributed by atoms with Gasteiger partial charge < -0.3 is 5.32 Å². The molecule has 5 heteroatoms. The van der Waals surface area contributed by atoms with Crippen LogP contribution in [0.4, 0.5) is 5.13 Å². The van der Waals surface area contributed by atoms with Gasteiger partial charge in [-0.15, -0.1) is 11.3 Å². The Morgan fingerprint density at radius 2 is 2.17 bits per heavy atom. The van der Waals surface area contributed by atoms with Crippen molar-refractivity contribution < 1.29 is 9.59 Å². The van der Waals surface area contributed by atoms with Crippen LogP contribution in [-0.2, 0) is 16.0 Å². The van der Waals surface area contributed by atoms with Gasteiger partial charge >= 0.3 is 0 Å². The first kappa shape index (κ1) is 19.7. The van der Waals surface area contributed by atoms with Gasteiger partial charge in [-0.3, -0.25) is 9.59 Å². The first-order valence-electron chi connectivity index (χ1n) is 11.0. The van der Waals surface area contributed by atoms with Gasteiger partial charge in [-0.2, -0.15) is 0 Å². The predicted molar refractivity (Wildman–Crippen MR) is 120 cm³/mol. The molecule has 4 atom stereocenters. The molecule has 0 radical (unpaired) electrons. The van der Waals surface area contributed by atoms with Gasteiger partial charge in [0.15, 0.2) is 5.13 Å². The molecule has 30 heavy (non-hydrogen) atoms. The van der Waals surface area contributed by atoms with E-state index in [1.807, 2.05) is 13.0 Å². The second-order valence-corrected chi connectivity index (χ2v) is 10.6. The van der Waals surface area contributed by atoms with Crippen molar-refractivity contribution in [1.29, 1.82) is 0 Å².